The molecule has 0 aliphatic carbocycles. The summed E-state index contributed by atoms with van der Waals surface area (Å²) in [5.74, 6) is 0.727. The summed E-state index contributed by atoms with van der Waals surface area (Å²) in [4.78, 5) is 0. The molecule has 0 bridgehead atoms. The minimum atomic E-state index is -0.398. The zero-order chi connectivity index (χ0) is 12.0. The predicted molar refractivity (Wildman–Crippen MR) is 64.0 cm³/mol. The quantitative estimate of drug-likeness (QED) is 0.826. The van der Waals surface area contributed by atoms with Crippen LogP contribution >= 0.6 is 0 Å². The van der Waals surface area contributed by atoms with Gasteiger partial charge in [-0.05, 0) is 18.9 Å². The number of hydrogen-bond donors (Lipinski definition) is 1. The van der Waals surface area contributed by atoms with E-state index in [-0.39, 0.29) is 6.04 Å². The first-order valence-corrected chi connectivity index (χ1v) is 5.63. The normalized spacial score (nSPS) is 13.9. The maximum Gasteiger partial charge on any atom is 0.184 e. The summed E-state index contributed by atoms with van der Waals surface area (Å²) >= 11 is 0. The highest BCUT2D eigenvalue weighted by Gasteiger charge is 2.13. The zero-order valence-electron chi connectivity index (χ0n) is 9.81. The molecule has 0 amide bonds. The first-order valence-electron chi connectivity index (χ1n) is 5.63. The maximum absolute atomic E-state index is 8.87. The second-order valence-electron chi connectivity index (χ2n) is 3.70. The van der Waals surface area contributed by atoms with E-state index in [0.717, 1.165) is 17.7 Å². The van der Waals surface area contributed by atoms with Crippen molar-refractivity contribution < 1.29 is 4.74 Å². The standard InChI is InChI=1S/C13H18N2O/c1-3-10(9-14)16-13-8-6-5-7-11(13)12(15)4-2/h5-8,10,12H,3-4,15H2,1-2H3/t10?,12-/m1/s1. The molecule has 0 saturated heterocycles. The van der Waals surface area contributed by atoms with Crippen LogP contribution in [0.15, 0.2) is 24.3 Å². The molecule has 0 aliphatic rings. The van der Waals surface area contributed by atoms with Crippen molar-refractivity contribution in [2.45, 2.75) is 38.8 Å². The number of nitrogens with two attached hydrogens (primary N) is 1. The van der Waals surface area contributed by atoms with Gasteiger partial charge in [0.05, 0.1) is 0 Å². The van der Waals surface area contributed by atoms with Crippen LogP contribution in [0, 0.1) is 11.3 Å². The Morgan fingerprint density at radius 1 is 1.31 bits per heavy atom. The van der Waals surface area contributed by atoms with Gasteiger partial charge in [-0.2, -0.15) is 5.26 Å². The summed E-state index contributed by atoms with van der Waals surface area (Å²) in [5.41, 5.74) is 6.96. The number of nitriles is 1. The van der Waals surface area contributed by atoms with E-state index in [1.807, 2.05) is 38.1 Å². The molecule has 2 N–H and O–H groups in total. The minimum absolute atomic E-state index is 0.0348. The van der Waals surface area contributed by atoms with Crippen LogP contribution in [0.4, 0.5) is 0 Å². The predicted octanol–water partition coefficient (Wildman–Crippen LogP) is 2.78. The summed E-state index contributed by atoms with van der Waals surface area (Å²) in [5, 5.41) is 8.87. The molecule has 1 rings (SSSR count). The van der Waals surface area contributed by atoms with Crippen molar-refractivity contribution in [3.8, 4) is 11.8 Å². The van der Waals surface area contributed by atoms with Gasteiger partial charge in [0, 0.05) is 11.6 Å². The Bertz CT molecular complexity index is 370. The number of para-hydroxylation sites is 1. The molecule has 1 unspecified atom stereocenters. The van der Waals surface area contributed by atoms with E-state index in [9.17, 15) is 0 Å². The van der Waals surface area contributed by atoms with Gasteiger partial charge in [-0.25, -0.2) is 0 Å². The van der Waals surface area contributed by atoms with Crippen molar-refractivity contribution in [3.05, 3.63) is 29.8 Å². The smallest absolute Gasteiger partial charge is 0.184 e. The third-order valence-electron chi connectivity index (χ3n) is 2.54. The lowest BCUT2D eigenvalue weighted by molar-refractivity contribution is 0.248. The van der Waals surface area contributed by atoms with E-state index >= 15 is 0 Å². The average molecular weight is 218 g/mol. The first-order chi connectivity index (χ1) is 7.72. The molecule has 0 aromatic heterocycles. The third kappa shape index (κ3) is 2.98. The van der Waals surface area contributed by atoms with Crippen LogP contribution in [-0.2, 0) is 0 Å². The molecule has 16 heavy (non-hydrogen) atoms. The largest absolute Gasteiger partial charge is 0.475 e. The molecule has 1 aromatic carbocycles. The van der Waals surface area contributed by atoms with Gasteiger partial charge in [0.2, 0.25) is 0 Å². The lowest BCUT2D eigenvalue weighted by atomic mass is 10.0. The minimum Gasteiger partial charge on any atom is -0.475 e. The van der Waals surface area contributed by atoms with E-state index in [0.29, 0.717) is 6.42 Å². The number of nitrogens with zero attached hydrogens (tertiary/aromatic N) is 1. The molecule has 0 heterocycles. The Labute approximate surface area is 96.8 Å². The van der Waals surface area contributed by atoms with Crippen LogP contribution in [0.2, 0.25) is 0 Å². The highest BCUT2D eigenvalue weighted by molar-refractivity contribution is 5.36. The Morgan fingerprint density at radius 2 is 2.00 bits per heavy atom. The van der Waals surface area contributed by atoms with Crippen molar-refractivity contribution in [2.75, 3.05) is 0 Å². The van der Waals surface area contributed by atoms with Crippen LogP contribution in [0.25, 0.3) is 0 Å². The number of ether oxygens (including phenoxy) is 1. The maximum atomic E-state index is 8.87. The van der Waals surface area contributed by atoms with Crippen molar-refractivity contribution in [2.24, 2.45) is 5.73 Å². The highest BCUT2D eigenvalue weighted by atomic mass is 16.5. The molecule has 0 radical (unpaired) electrons. The number of benzene rings is 1. The summed E-state index contributed by atoms with van der Waals surface area (Å²) < 4.78 is 5.63. The monoisotopic (exact) mass is 218 g/mol. The third-order valence-corrected chi connectivity index (χ3v) is 2.54. The van der Waals surface area contributed by atoms with Crippen LogP contribution in [0.3, 0.4) is 0 Å². The number of hydrogen-bond acceptors (Lipinski definition) is 3. The summed E-state index contributed by atoms with van der Waals surface area (Å²) in [7, 11) is 0. The molecular weight excluding hydrogens is 200 g/mol. The van der Waals surface area contributed by atoms with E-state index < -0.39 is 6.10 Å². The molecule has 86 valence electrons. The Morgan fingerprint density at radius 3 is 2.56 bits per heavy atom. The van der Waals surface area contributed by atoms with Gasteiger partial charge in [0.1, 0.15) is 11.8 Å². The molecular formula is C13H18N2O. The first kappa shape index (κ1) is 12.5. The van der Waals surface area contributed by atoms with Crippen molar-refractivity contribution >= 4 is 0 Å². The molecule has 3 heteroatoms. The second-order valence-corrected chi connectivity index (χ2v) is 3.70. The van der Waals surface area contributed by atoms with Crippen LogP contribution in [0.5, 0.6) is 5.75 Å². The molecule has 1 aromatic rings. The van der Waals surface area contributed by atoms with Gasteiger partial charge < -0.3 is 10.5 Å². The lowest BCUT2D eigenvalue weighted by Gasteiger charge is -2.17. The van der Waals surface area contributed by atoms with E-state index in [1.165, 1.54) is 0 Å². The Balaban J connectivity index is 2.91. The van der Waals surface area contributed by atoms with E-state index in [2.05, 4.69) is 6.07 Å². The van der Waals surface area contributed by atoms with Gasteiger partial charge >= 0.3 is 0 Å². The zero-order valence-corrected chi connectivity index (χ0v) is 9.81. The van der Waals surface area contributed by atoms with Crippen molar-refractivity contribution in [1.82, 2.24) is 0 Å². The topological polar surface area (TPSA) is 59.0 Å². The summed E-state index contributed by atoms with van der Waals surface area (Å²) in [6, 6.07) is 9.73. The fraction of sp³-hybridized carbons (Fsp3) is 0.462. The van der Waals surface area contributed by atoms with E-state index in [1.54, 1.807) is 0 Å². The van der Waals surface area contributed by atoms with Crippen LogP contribution < -0.4 is 10.5 Å². The molecule has 3 nitrogen and oxygen atoms in total. The molecule has 0 fully saturated rings. The van der Waals surface area contributed by atoms with Gasteiger partial charge in [-0.3, -0.25) is 0 Å². The fourth-order valence-corrected chi connectivity index (χ4v) is 1.47. The lowest BCUT2D eigenvalue weighted by Crippen LogP contribution is -2.16. The van der Waals surface area contributed by atoms with Gasteiger partial charge in [-0.1, -0.05) is 32.0 Å². The number of rotatable bonds is 5. The van der Waals surface area contributed by atoms with Crippen molar-refractivity contribution in [1.29, 1.82) is 5.26 Å². The van der Waals surface area contributed by atoms with Crippen LogP contribution in [0.1, 0.15) is 38.3 Å². The average Bonchev–Trinajstić information content (AvgIpc) is 2.35. The van der Waals surface area contributed by atoms with E-state index in [4.69, 9.17) is 15.7 Å². The SMILES string of the molecule is CCC(C#N)Oc1ccccc1[C@H](N)CC. The fourth-order valence-electron chi connectivity index (χ4n) is 1.47. The Hall–Kier alpha value is -1.53. The van der Waals surface area contributed by atoms with Gasteiger partial charge in [0.25, 0.3) is 0 Å². The van der Waals surface area contributed by atoms with Gasteiger partial charge in [0.15, 0.2) is 6.10 Å². The molecule has 0 saturated carbocycles. The van der Waals surface area contributed by atoms with Crippen molar-refractivity contribution in [3.63, 3.8) is 0 Å². The highest BCUT2D eigenvalue weighted by Crippen LogP contribution is 2.26. The second kappa shape index (κ2) is 6.14. The van der Waals surface area contributed by atoms with Crippen LogP contribution in [-0.4, -0.2) is 6.10 Å². The summed E-state index contributed by atoms with van der Waals surface area (Å²) in [6.07, 6.45) is 1.13. The van der Waals surface area contributed by atoms with Gasteiger partial charge in [-0.15, -0.1) is 0 Å². The molecule has 0 aliphatic heterocycles. The molecule has 0 spiro atoms. The molecule has 2 atom stereocenters. The Kier molecular flexibility index (Phi) is 4.81. The summed E-state index contributed by atoms with van der Waals surface area (Å²) in [6.45, 7) is 3.96.